The second kappa shape index (κ2) is 15.8. The predicted octanol–water partition coefficient (Wildman–Crippen LogP) is 7.00. The summed E-state index contributed by atoms with van der Waals surface area (Å²) < 4.78 is 15.4. The number of thiophene rings is 1. The summed E-state index contributed by atoms with van der Waals surface area (Å²) in [6.45, 7) is 15.0. The summed E-state index contributed by atoms with van der Waals surface area (Å²) in [5.41, 5.74) is 25.3. The molecule has 9 heteroatoms. The first-order chi connectivity index (χ1) is 18.4. The molecule has 0 aromatic carbocycles. The molecule has 0 saturated heterocycles. The van der Waals surface area contributed by atoms with Gasteiger partial charge in [-0.2, -0.15) is 0 Å². The fraction of sp³-hybridized carbons (Fsp3) is 0.172. The van der Waals surface area contributed by atoms with Gasteiger partial charge in [0.2, 0.25) is 0 Å². The molecule has 1 unspecified atom stereocenters. The zero-order valence-electron chi connectivity index (χ0n) is 21.3. The Kier molecular flexibility index (Phi) is 12.5. The fourth-order valence-corrected chi connectivity index (χ4v) is 6.44. The molecule has 0 saturated carbocycles. The summed E-state index contributed by atoms with van der Waals surface area (Å²) >= 11 is 2.95. The Morgan fingerprint density at radius 3 is 2.24 bits per heavy atom. The highest BCUT2D eigenvalue weighted by Gasteiger charge is 2.22. The number of nitrogen functional groups attached to an aromatic ring is 1. The van der Waals surface area contributed by atoms with Crippen LogP contribution in [0.1, 0.15) is 19.8 Å². The zero-order chi connectivity index (χ0) is 27.9. The first kappa shape index (κ1) is 30.1. The fourth-order valence-electron chi connectivity index (χ4n) is 3.05. The van der Waals surface area contributed by atoms with Crippen LogP contribution in [-0.4, -0.2) is 29.5 Å². The largest absolute Gasteiger partial charge is 0.396 e. The molecule has 6 nitrogen and oxygen atoms in total. The Hall–Kier alpha value is -4.16. The Morgan fingerprint density at radius 2 is 1.74 bits per heavy atom. The third-order valence-corrected chi connectivity index (χ3v) is 8.47. The molecule has 4 heterocycles. The summed E-state index contributed by atoms with van der Waals surface area (Å²) in [6.07, 6.45) is 7.33. The molecular formula is C29H27N5OS3. The van der Waals surface area contributed by atoms with Gasteiger partial charge in [0.05, 0.1) is 16.5 Å². The van der Waals surface area contributed by atoms with E-state index in [1.165, 1.54) is 22.7 Å². The molecular weight excluding hydrogens is 531 g/mol. The predicted molar refractivity (Wildman–Crippen MR) is 161 cm³/mol. The van der Waals surface area contributed by atoms with Crippen molar-refractivity contribution in [1.82, 2.24) is 19.5 Å². The zero-order valence-corrected chi connectivity index (χ0v) is 23.8. The monoisotopic (exact) mass is 557 g/mol. The maximum Gasteiger partial charge on any atom is 0.141 e. The highest BCUT2D eigenvalue weighted by atomic mass is 32.2. The van der Waals surface area contributed by atoms with Crippen LogP contribution in [0, 0.1) is 0 Å². The van der Waals surface area contributed by atoms with Crippen molar-refractivity contribution in [1.29, 1.82) is 0 Å². The topological polar surface area (TPSA) is 86.7 Å². The van der Waals surface area contributed by atoms with Gasteiger partial charge in [-0.25, -0.2) is 15.0 Å². The van der Waals surface area contributed by atoms with Gasteiger partial charge in [0.15, 0.2) is 0 Å². The molecule has 0 amide bonds. The average Bonchev–Trinajstić information content (AvgIpc) is 3.68. The standard InChI is InChI=1S/C18H19N5OS3.C6H4.C5H4/c1-3-4-9-27(24)18-14(19)13-11(15-20-5-7-23(15)2)10-12(22-17(13)26-18)16-21-6-8-25-16;1-3-5-6-4-2;1-3-5-4-2/h5-8,10H,3-4,9,19H2,1-2H3;1-2H2;1-2H2. The number of nitrogens with two attached hydrogens (primary N) is 1. The van der Waals surface area contributed by atoms with E-state index in [4.69, 9.17) is 10.7 Å². The third-order valence-electron chi connectivity index (χ3n) is 4.68. The number of aryl methyl sites for hydroxylation is 1. The maximum atomic E-state index is 12.8. The van der Waals surface area contributed by atoms with E-state index in [1.54, 1.807) is 12.4 Å². The van der Waals surface area contributed by atoms with Crippen molar-refractivity contribution in [2.45, 2.75) is 24.0 Å². The molecule has 0 aliphatic carbocycles. The van der Waals surface area contributed by atoms with E-state index in [0.29, 0.717) is 15.6 Å². The van der Waals surface area contributed by atoms with E-state index in [9.17, 15) is 4.21 Å². The first-order valence-corrected chi connectivity index (χ1v) is 14.3. The Morgan fingerprint density at radius 1 is 1.05 bits per heavy atom. The summed E-state index contributed by atoms with van der Waals surface area (Å²) in [6, 6.07) is 1.98. The van der Waals surface area contributed by atoms with Crippen molar-refractivity contribution >= 4 is 49.4 Å². The number of fused-ring (bicyclic) bond motifs is 1. The van der Waals surface area contributed by atoms with Gasteiger partial charge in [-0.15, -0.1) is 22.7 Å². The van der Waals surface area contributed by atoms with Gasteiger partial charge < -0.3 is 10.3 Å². The lowest BCUT2D eigenvalue weighted by atomic mass is 10.1. The number of imidazole rings is 1. The van der Waals surface area contributed by atoms with E-state index in [1.807, 2.05) is 29.3 Å². The highest BCUT2D eigenvalue weighted by molar-refractivity contribution is 7.87. The molecule has 4 aromatic rings. The lowest BCUT2D eigenvalue weighted by molar-refractivity contribution is 0.681. The molecule has 192 valence electrons. The van der Waals surface area contributed by atoms with Gasteiger partial charge in [-0.3, -0.25) is 4.21 Å². The van der Waals surface area contributed by atoms with Crippen molar-refractivity contribution in [3.63, 3.8) is 0 Å². The van der Waals surface area contributed by atoms with E-state index in [-0.39, 0.29) is 0 Å². The molecule has 0 aliphatic rings. The molecule has 1 atom stereocenters. The number of hydrogen-bond donors (Lipinski definition) is 1. The van der Waals surface area contributed by atoms with Crippen molar-refractivity contribution in [3.05, 3.63) is 96.5 Å². The smallest absolute Gasteiger partial charge is 0.141 e. The number of rotatable bonds is 6. The van der Waals surface area contributed by atoms with E-state index in [2.05, 4.69) is 83.3 Å². The number of nitrogens with zero attached hydrogens (tertiary/aromatic N) is 4. The van der Waals surface area contributed by atoms with Crippen LogP contribution in [0.3, 0.4) is 0 Å². The lowest BCUT2D eigenvalue weighted by Crippen LogP contribution is -1.99. The quantitative estimate of drug-likeness (QED) is 0.258. The molecule has 4 aromatic heterocycles. The molecule has 38 heavy (non-hydrogen) atoms. The van der Waals surface area contributed by atoms with Crippen molar-refractivity contribution in [3.8, 4) is 22.1 Å². The van der Waals surface area contributed by atoms with Crippen LogP contribution in [0.15, 0.2) is 101 Å². The maximum absolute atomic E-state index is 12.8. The van der Waals surface area contributed by atoms with Crippen molar-refractivity contribution < 1.29 is 4.21 Å². The van der Waals surface area contributed by atoms with Gasteiger partial charge >= 0.3 is 0 Å². The van der Waals surface area contributed by atoms with Crippen molar-refractivity contribution in [2.75, 3.05) is 11.5 Å². The molecule has 2 N–H and O–H groups in total. The average molecular weight is 558 g/mol. The highest BCUT2D eigenvalue weighted by Crippen LogP contribution is 2.42. The van der Waals surface area contributed by atoms with Gasteiger partial charge in [-0.1, -0.05) is 36.3 Å². The Bertz CT molecular complexity index is 1640. The SMILES string of the molecule is C=C=C=C=C.C=C=C=C=C=C.CCCCS(=O)c1sc2nc(-c3nccs3)cc(-c3nccn3C)c2c1N. The molecule has 0 spiro atoms. The summed E-state index contributed by atoms with van der Waals surface area (Å²) in [5.74, 6) is 1.42. The van der Waals surface area contributed by atoms with Crippen LogP contribution in [0.2, 0.25) is 0 Å². The number of unbranched alkanes of at least 4 members (excludes halogenated alkanes) is 1. The number of anilines is 1. The van der Waals surface area contributed by atoms with Crippen molar-refractivity contribution in [2.24, 2.45) is 7.05 Å². The number of thiazole rings is 1. The van der Waals surface area contributed by atoms with Crippen LogP contribution < -0.4 is 5.73 Å². The minimum atomic E-state index is -1.12. The van der Waals surface area contributed by atoms with Crippen LogP contribution in [0.25, 0.3) is 32.3 Å². The summed E-state index contributed by atoms with van der Waals surface area (Å²) in [5, 5.41) is 3.60. The number of hydrogen-bond acceptors (Lipinski definition) is 7. The molecule has 0 aliphatic heterocycles. The Labute approximate surface area is 233 Å². The van der Waals surface area contributed by atoms with Crippen LogP contribution in [0.5, 0.6) is 0 Å². The van der Waals surface area contributed by atoms with Crippen LogP contribution in [0.4, 0.5) is 5.69 Å². The summed E-state index contributed by atoms with van der Waals surface area (Å²) in [4.78, 5) is 14.4. The molecule has 0 bridgehead atoms. The normalized spacial score (nSPS) is 9.95. The van der Waals surface area contributed by atoms with Gasteiger partial charge in [0.25, 0.3) is 0 Å². The Balaban J connectivity index is 0.000000391. The van der Waals surface area contributed by atoms with Gasteiger partial charge in [-0.05, 0) is 56.0 Å². The van der Waals surface area contributed by atoms with E-state index in [0.717, 1.165) is 45.1 Å². The van der Waals surface area contributed by atoms with E-state index >= 15 is 0 Å². The second-order valence-electron chi connectivity index (χ2n) is 7.22. The minimum absolute atomic E-state index is 0.556. The molecule has 0 radical (unpaired) electrons. The third kappa shape index (κ3) is 7.92. The van der Waals surface area contributed by atoms with Crippen LogP contribution in [-0.2, 0) is 17.8 Å². The lowest BCUT2D eigenvalue weighted by Gasteiger charge is -2.07. The van der Waals surface area contributed by atoms with Gasteiger partial charge in [0.1, 0.15) is 25.6 Å². The second-order valence-corrected chi connectivity index (χ2v) is 10.9. The molecule has 4 rings (SSSR count). The van der Waals surface area contributed by atoms with E-state index < -0.39 is 10.8 Å². The summed E-state index contributed by atoms with van der Waals surface area (Å²) in [7, 11) is 0.827. The number of aromatic nitrogens is 4. The number of pyridine rings is 1. The van der Waals surface area contributed by atoms with Gasteiger partial charge in [0, 0.05) is 47.7 Å². The molecule has 0 fully saturated rings. The first-order valence-electron chi connectivity index (χ1n) is 11.3. The van der Waals surface area contributed by atoms with Crippen LogP contribution >= 0.6 is 22.7 Å². The minimum Gasteiger partial charge on any atom is -0.396 e.